The summed E-state index contributed by atoms with van der Waals surface area (Å²) in [5, 5.41) is 0. The predicted molar refractivity (Wildman–Crippen MR) is 155 cm³/mol. The van der Waals surface area contributed by atoms with Crippen LogP contribution in [0.4, 0.5) is 0 Å². The summed E-state index contributed by atoms with van der Waals surface area (Å²) in [4.78, 5) is 2.59. The molecule has 0 spiro atoms. The summed E-state index contributed by atoms with van der Waals surface area (Å²) in [5.74, 6) is 0. The first-order valence-electron chi connectivity index (χ1n) is 13.6. The van der Waals surface area contributed by atoms with Crippen LogP contribution in [0.3, 0.4) is 0 Å². The van der Waals surface area contributed by atoms with E-state index in [1.54, 1.807) is 6.26 Å². The van der Waals surface area contributed by atoms with E-state index in [4.69, 9.17) is 4.74 Å². The van der Waals surface area contributed by atoms with Gasteiger partial charge in [0.15, 0.2) is 0 Å². The van der Waals surface area contributed by atoms with E-state index < -0.39 is 11.4 Å². The van der Waals surface area contributed by atoms with Crippen molar-refractivity contribution in [2.45, 2.75) is 106 Å². The van der Waals surface area contributed by atoms with Crippen LogP contribution in [0.5, 0.6) is 0 Å². The normalized spacial score (nSPS) is 20.4. The molecule has 2 unspecified atom stereocenters. The van der Waals surface area contributed by atoms with E-state index in [1.807, 2.05) is 0 Å². The number of allylic oxidation sites excluding steroid dienone is 4. The molecule has 0 aliphatic carbocycles. The monoisotopic (exact) mass is 512 g/mol. The van der Waals surface area contributed by atoms with E-state index in [1.165, 1.54) is 65.6 Å². The second kappa shape index (κ2) is 12.2. The SMILES string of the molecule is C/C(=C\C(C)OC(C)(C)C)C1=C(/C(C)=C(\C)N2CCCCCCC2)c2c(C)cccc2CN1[S+](C)[O-]. The Hall–Kier alpha value is -1.69. The van der Waals surface area contributed by atoms with Crippen LogP contribution >= 0.6 is 0 Å². The number of hydrogen-bond acceptors (Lipinski definition) is 4. The van der Waals surface area contributed by atoms with Gasteiger partial charge in [-0.05, 0) is 96.1 Å². The summed E-state index contributed by atoms with van der Waals surface area (Å²) in [6.07, 6.45) is 10.4. The van der Waals surface area contributed by atoms with Gasteiger partial charge >= 0.3 is 0 Å². The minimum atomic E-state index is -1.15. The van der Waals surface area contributed by atoms with Gasteiger partial charge in [-0.3, -0.25) is 0 Å². The first-order valence-corrected chi connectivity index (χ1v) is 15.2. The molecule has 0 aromatic heterocycles. The number of benzene rings is 1. The molecule has 1 saturated heterocycles. The van der Waals surface area contributed by atoms with Gasteiger partial charge in [0.25, 0.3) is 0 Å². The number of likely N-dealkylation sites (tertiary alicyclic amines) is 1. The van der Waals surface area contributed by atoms with Gasteiger partial charge in [0, 0.05) is 24.4 Å². The topological polar surface area (TPSA) is 38.8 Å². The standard InChI is InChI=1S/C31H48N2O2S/c1-22-16-15-17-27-21-33(36(9)34)30(23(2)20-24(3)35-31(6,7)8)29(28(22)27)25(4)26(5)32-18-13-11-10-12-14-19-32/h15-17,20,24H,10-14,18-19,21H2,1-9H3/b23-20+,26-25+. The Bertz CT molecular complexity index is 1010. The molecule has 1 fully saturated rings. The first-order chi connectivity index (χ1) is 16.9. The second-order valence-electron chi connectivity index (χ2n) is 11.5. The molecule has 2 aliphatic heterocycles. The zero-order chi connectivity index (χ0) is 26.6. The number of nitrogens with zero attached hydrogens (tertiary/aromatic N) is 2. The number of rotatable bonds is 6. The van der Waals surface area contributed by atoms with Gasteiger partial charge in [0.1, 0.15) is 6.26 Å². The lowest BCUT2D eigenvalue weighted by Gasteiger charge is -2.37. The molecule has 4 nitrogen and oxygen atoms in total. The van der Waals surface area contributed by atoms with Crippen molar-refractivity contribution in [2.75, 3.05) is 19.3 Å². The van der Waals surface area contributed by atoms with E-state index in [0.717, 1.165) is 24.4 Å². The number of aryl methyl sites for hydroxylation is 1. The van der Waals surface area contributed by atoms with Gasteiger partial charge in [0.05, 0.1) is 35.3 Å². The van der Waals surface area contributed by atoms with Crippen LogP contribution in [-0.4, -0.2) is 44.8 Å². The van der Waals surface area contributed by atoms with Gasteiger partial charge in [0.2, 0.25) is 0 Å². The number of hydrogen-bond donors (Lipinski definition) is 0. The van der Waals surface area contributed by atoms with E-state index in [-0.39, 0.29) is 11.7 Å². The fraction of sp³-hybridized carbons (Fsp3) is 0.613. The smallest absolute Gasteiger partial charge is 0.121 e. The maximum Gasteiger partial charge on any atom is 0.121 e. The minimum absolute atomic E-state index is 0.0519. The van der Waals surface area contributed by atoms with Crippen molar-refractivity contribution in [1.82, 2.24) is 9.21 Å². The molecular weight excluding hydrogens is 464 g/mol. The lowest BCUT2D eigenvalue weighted by Crippen LogP contribution is -2.35. The molecule has 5 heteroatoms. The zero-order valence-corrected chi connectivity index (χ0v) is 25.0. The summed E-state index contributed by atoms with van der Waals surface area (Å²) >= 11 is -1.15. The van der Waals surface area contributed by atoms with E-state index in [9.17, 15) is 4.55 Å². The Morgan fingerprint density at radius 2 is 1.67 bits per heavy atom. The fourth-order valence-electron chi connectivity index (χ4n) is 5.70. The van der Waals surface area contributed by atoms with Gasteiger partial charge in [-0.2, -0.15) is 4.31 Å². The lowest BCUT2D eigenvalue weighted by atomic mass is 9.84. The maximum atomic E-state index is 13.2. The molecule has 2 aliphatic rings. The van der Waals surface area contributed by atoms with Crippen molar-refractivity contribution in [3.8, 4) is 0 Å². The van der Waals surface area contributed by atoms with E-state index >= 15 is 0 Å². The quantitative estimate of drug-likeness (QED) is 0.369. The fourth-order valence-corrected chi connectivity index (χ4v) is 6.51. The first kappa shape index (κ1) is 28.9. The predicted octanol–water partition coefficient (Wildman–Crippen LogP) is 7.53. The Balaban J connectivity index is 2.24. The van der Waals surface area contributed by atoms with Gasteiger partial charge < -0.3 is 14.2 Å². The average molecular weight is 513 g/mol. The summed E-state index contributed by atoms with van der Waals surface area (Å²) in [6.45, 7) is 20.1. The van der Waals surface area contributed by atoms with Crippen LogP contribution in [0.25, 0.3) is 5.57 Å². The Labute approximate surface area is 223 Å². The maximum absolute atomic E-state index is 13.2. The van der Waals surface area contributed by atoms with Gasteiger partial charge in [-0.25, -0.2) is 0 Å². The molecule has 0 radical (unpaired) electrons. The molecule has 200 valence electrons. The van der Waals surface area contributed by atoms with Crippen LogP contribution in [0.15, 0.2) is 46.8 Å². The summed E-state index contributed by atoms with van der Waals surface area (Å²) in [7, 11) is 0. The van der Waals surface area contributed by atoms with Gasteiger partial charge in [-0.15, -0.1) is 0 Å². The molecule has 2 heterocycles. The average Bonchev–Trinajstić information content (AvgIpc) is 2.75. The summed E-state index contributed by atoms with van der Waals surface area (Å²) in [6, 6.07) is 6.53. The van der Waals surface area contributed by atoms with Crippen molar-refractivity contribution in [3.63, 3.8) is 0 Å². The highest BCUT2D eigenvalue weighted by Gasteiger charge is 2.34. The molecule has 1 aromatic rings. The molecule has 1 aromatic carbocycles. The molecule has 3 rings (SSSR count). The van der Waals surface area contributed by atoms with E-state index in [0.29, 0.717) is 6.54 Å². The Kier molecular flexibility index (Phi) is 9.81. The summed E-state index contributed by atoms with van der Waals surface area (Å²) in [5.41, 5.74) is 9.63. The number of fused-ring (bicyclic) bond motifs is 1. The highest BCUT2D eigenvalue weighted by Crippen LogP contribution is 2.43. The third kappa shape index (κ3) is 6.99. The molecule has 0 amide bonds. The van der Waals surface area contributed by atoms with Crippen LogP contribution < -0.4 is 0 Å². The Morgan fingerprint density at radius 1 is 1.06 bits per heavy atom. The van der Waals surface area contributed by atoms with Crippen molar-refractivity contribution in [1.29, 1.82) is 0 Å². The molecule has 36 heavy (non-hydrogen) atoms. The highest BCUT2D eigenvalue weighted by atomic mass is 32.2. The molecular formula is C31H48N2O2S. The third-order valence-corrected chi connectivity index (χ3v) is 8.30. The lowest BCUT2D eigenvalue weighted by molar-refractivity contribution is -0.0301. The second-order valence-corrected chi connectivity index (χ2v) is 12.8. The van der Waals surface area contributed by atoms with E-state index in [2.05, 4.69) is 88.9 Å². The minimum Gasteiger partial charge on any atom is -0.593 e. The zero-order valence-electron chi connectivity index (χ0n) is 24.2. The van der Waals surface area contributed by atoms with Crippen LogP contribution in [0.2, 0.25) is 0 Å². The van der Waals surface area contributed by atoms with Crippen molar-refractivity contribution >= 4 is 16.9 Å². The highest BCUT2D eigenvalue weighted by molar-refractivity contribution is 7.88. The van der Waals surface area contributed by atoms with Crippen LogP contribution in [-0.2, 0) is 22.6 Å². The largest absolute Gasteiger partial charge is 0.593 e. The molecule has 0 saturated carbocycles. The van der Waals surface area contributed by atoms with Gasteiger partial charge in [-0.1, -0.05) is 43.5 Å². The Morgan fingerprint density at radius 3 is 2.25 bits per heavy atom. The summed E-state index contributed by atoms with van der Waals surface area (Å²) < 4.78 is 21.5. The number of ether oxygens (including phenoxy) is 1. The van der Waals surface area contributed by atoms with Crippen LogP contribution in [0.1, 0.15) is 97.3 Å². The third-order valence-electron chi connectivity index (χ3n) is 7.37. The van der Waals surface area contributed by atoms with Crippen molar-refractivity contribution < 1.29 is 9.29 Å². The molecule has 0 N–H and O–H groups in total. The molecule has 0 bridgehead atoms. The van der Waals surface area contributed by atoms with Crippen molar-refractivity contribution in [2.24, 2.45) is 0 Å². The van der Waals surface area contributed by atoms with Crippen molar-refractivity contribution in [3.05, 3.63) is 63.5 Å². The van der Waals surface area contributed by atoms with Crippen LogP contribution in [0, 0.1) is 6.92 Å². The molecule has 2 atom stereocenters.